The summed E-state index contributed by atoms with van der Waals surface area (Å²) in [5.41, 5.74) is 1.41. The van der Waals surface area contributed by atoms with Crippen LogP contribution in [0.2, 0.25) is 0 Å². The lowest BCUT2D eigenvalue weighted by molar-refractivity contribution is 0.109. The van der Waals surface area contributed by atoms with E-state index in [0.717, 1.165) is 25.9 Å². The Morgan fingerprint density at radius 2 is 2.05 bits per heavy atom. The predicted octanol–water partition coefficient (Wildman–Crippen LogP) is 2.36. The van der Waals surface area contributed by atoms with Gasteiger partial charge in [-0.15, -0.1) is 0 Å². The summed E-state index contributed by atoms with van der Waals surface area (Å²) in [4.78, 5) is 5.05. The van der Waals surface area contributed by atoms with Gasteiger partial charge in [-0.2, -0.15) is 0 Å². The van der Waals surface area contributed by atoms with Crippen LogP contribution >= 0.6 is 0 Å². The molecule has 3 nitrogen and oxygen atoms in total. The van der Waals surface area contributed by atoms with Crippen molar-refractivity contribution in [3.63, 3.8) is 0 Å². The monoisotopic (exact) mass is 276 g/mol. The molecule has 1 fully saturated rings. The molecule has 1 aromatic rings. The highest BCUT2D eigenvalue weighted by Crippen LogP contribution is 2.17. The SMILES string of the molecule is CN(CCCCO)C1CCCN(Cc2ccccc2)C1. The van der Waals surface area contributed by atoms with Crippen LogP contribution in [0.25, 0.3) is 0 Å². The second kappa shape index (κ2) is 8.40. The standard InChI is InChI=1S/C17H28N2O/c1-18(11-5-6-13-20)17-10-7-12-19(15-17)14-16-8-3-2-4-9-16/h2-4,8-9,17,20H,5-7,10-15H2,1H3. The molecule has 0 amide bonds. The van der Waals surface area contributed by atoms with Crippen LogP contribution in [0.5, 0.6) is 0 Å². The molecule has 20 heavy (non-hydrogen) atoms. The molecule has 1 heterocycles. The van der Waals surface area contributed by atoms with Gasteiger partial charge in [0.2, 0.25) is 0 Å². The predicted molar refractivity (Wildman–Crippen MR) is 83.7 cm³/mol. The minimum atomic E-state index is 0.318. The smallest absolute Gasteiger partial charge is 0.0431 e. The summed E-state index contributed by atoms with van der Waals surface area (Å²) in [6.45, 7) is 4.88. The van der Waals surface area contributed by atoms with E-state index in [1.165, 1.54) is 31.5 Å². The fraction of sp³-hybridized carbons (Fsp3) is 0.647. The Labute approximate surface area is 123 Å². The molecule has 112 valence electrons. The molecule has 1 saturated heterocycles. The lowest BCUT2D eigenvalue weighted by atomic mass is 10.0. The van der Waals surface area contributed by atoms with Gasteiger partial charge in [0.1, 0.15) is 0 Å². The van der Waals surface area contributed by atoms with Crippen molar-refractivity contribution in [2.24, 2.45) is 0 Å². The van der Waals surface area contributed by atoms with Crippen molar-refractivity contribution in [1.82, 2.24) is 9.80 Å². The third-order valence-electron chi connectivity index (χ3n) is 4.27. The van der Waals surface area contributed by atoms with E-state index < -0.39 is 0 Å². The summed E-state index contributed by atoms with van der Waals surface area (Å²) >= 11 is 0. The minimum Gasteiger partial charge on any atom is -0.396 e. The topological polar surface area (TPSA) is 26.7 Å². The average molecular weight is 276 g/mol. The van der Waals surface area contributed by atoms with Gasteiger partial charge in [-0.05, 0) is 51.4 Å². The summed E-state index contributed by atoms with van der Waals surface area (Å²) in [6, 6.07) is 11.4. The van der Waals surface area contributed by atoms with E-state index in [2.05, 4.69) is 47.2 Å². The normalized spacial score (nSPS) is 20.4. The van der Waals surface area contributed by atoms with Crippen LogP contribution in [0.4, 0.5) is 0 Å². The van der Waals surface area contributed by atoms with Gasteiger partial charge >= 0.3 is 0 Å². The average Bonchev–Trinajstić information content (AvgIpc) is 2.49. The Balaban J connectivity index is 1.79. The van der Waals surface area contributed by atoms with Gasteiger partial charge in [-0.3, -0.25) is 4.90 Å². The van der Waals surface area contributed by atoms with Gasteiger partial charge in [-0.1, -0.05) is 30.3 Å². The molecule has 1 atom stereocenters. The van der Waals surface area contributed by atoms with Crippen molar-refractivity contribution in [2.75, 3.05) is 33.3 Å². The number of nitrogens with zero attached hydrogens (tertiary/aromatic N) is 2. The number of likely N-dealkylation sites (N-methyl/N-ethyl adjacent to an activating group) is 1. The van der Waals surface area contributed by atoms with E-state index in [1.54, 1.807) is 0 Å². The Morgan fingerprint density at radius 3 is 2.80 bits per heavy atom. The molecule has 0 saturated carbocycles. The van der Waals surface area contributed by atoms with Crippen LogP contribution in [0.15, 0.2) is 30.3 Å². The van der Waals surface area contributed by atoms with Gasteiger partial charge in [0, 0.05) is 25.7 Å². The zero-order valence-electron chi connectivity index (χ0n) is 12.7. The van der Waals surface area contributed by atoms with Crippen LogP contribution < -0.4 is 0 Å². The number of unbranched alkanes of at least 4 members (excludes halogenated alkanes) is 1. The Hall–Kier alpha value is -0.900. The fourth-order valence-corrected chi connectivity index (χ4v) is 3.03. The molecule has 2 rings (SSSR count). The van der Waals surface area contributed by atoms with E-state index in [9.17, 15) is 0 Å². The maximum absolute atomic E-state index is 8.87. The van der Waals surface area contributed by atoms with Crippen molar-refractivity contribution in [3.05, 3.63) is 35.9 Å². The lowest BCUT2D eigenvalue weighted by Gasteiger charge is -2.37. The Bertz CT molecular complexity index is 369. The third-order valence-corrected chi connectivity index (χ3v) is 4.27. The molecule has 1 aliphatic heterocycles. The molecule has 0 bridgehead atoms. The van der Waals surface area contributed by atoms with E-state index in [-0.39, 0.29) is 0 Å². The second-order valence-electron chi connectivity index (χ2n) is 5.93. The number of rotatable bonds is 7. The molecular formula is C17H28N2O. The highest BCUT2D eigenvalue weighted by molar-refractivity contribution is 5.14. The number of aliphatic hydroxyl groups is 1. The molecule has 0 aliphatic carbocycles. The van der Waals surface area contributed by atoms with Gasteiger partial charge in [0.05, 0.1) is 0 Å². The summed E-state index contributed by atoms with van der Waals surface area (Å²) < 4.78 is 0. The molecule has 0 aromatic heterocycles. The third kappa shape index (κ3) is 4.89. The number of hydrogen-bond donors (Lipinski definition) is 1. The molecule has 3 heteroatoms. The first-order chi connectivity index (χ1) is 9.79. The van der Waals surface area contributed by atoms with Crippen molar-refractivity contribution >= 4 is 0 Å². The van der Waals surface area contributed by atoms with Crippen LogP contribution in [0.3, 0.4) is 0 Å². The molecule has 1 N–H and O–H groups in total. The van der Waals surface area contributed by atoms with E-state index in [1.807, 2.05) is 0 Å². The van der Waals surface area contributed by atoms with Crippen LogP contribution in [-0.2, 0) is 6.54 Å². The first-order valence-corrected chi connectivity index (χ1v) is 7.87. The maximum atomic E-state index is 8.87. The van der Waals surface area contributed by atoms with Gasteiger partial charge in [0.15, 0.2) is 0 Å². The van der Waals surface area contributed by atoms with Crippen LogP contribution in [-0.4, -0.2) is 54.2 Å². The summed E-state index contributed by atoms with van der Waals surface area (Å²) in [6.07, 6.45) is 4.62. The van der Waals surface area contributed by atoms with Crippen molar-refractivity contribution in [3.8, 4) is 0 Å². The molecule has 1 unspecified atom stereocenters. The zero-order valence-corrected chi connectivity index (χ0v) is 12.7. The van der Waals surface area contributed by atoms with Crippen LogP contribution in [0.1, 0.15) is 31.2 Å². The second-order valence-corrected chi connectivity index (χ2v) is 5.93. The van der Waals surface area contributed by atoms with Crippen molar-refractivity contribution in [1.29, 1.82) is 0 Å². The highest BCUT2D eigenvalue weighted by atomic mass is 16.2. The van der Waals surface area contributed by atoms with Gasteiger partial charge in [-0.25, -0.2) is 0 Å². The first kappa shape index (κ1) is 15.5. The molecule has 0 spiro atoms. The number of benzene rings is 1. The highest BCUT2D eigenvalue weighted by Gasteiger charge is 2.22. The summed E-state index contributed by atoms with van der Waals surface area (Å²) in [7, 11) is 2.23. The van der Waals surface area contributed by atoms with Gasteiger partial charge < -0.3 is 10.0 Å². The number of hydrogen-bond acceptors (Lipinski definition) is 3. The van der Waals surface area contributed by atoms with Crippen molar-refractivity contribution in [2.45, 2.75) is 38.3 Å². The number of likely N-dealkylation sites (tertiary alicyclic amines) is 1. The van der Waals surface area contributed by atoms with E-state index >= 15 is 0 Å². The van der Waals surface area contributed by atoms with Crippen LogP contribution in [0, 0.1) is 0 Å². The van der Waals surface area contributed by atoms with E-state index in [0.29, 0.717) is 12.6 Å². The first-order valence-electron chi connectivity index (χ1n) is 7.87. The molecular weight excluding hydrogens is 248 g/mol. The summed E-state index contributed by atoms with van der Waals surface area (Å²) in [5.74, 6) is 0. The Morgan fingerprint density at radius 1 is 1.25 bits per heavy atom. The maximum Gasteiger partial charge on any atom is 0.0431 e. The number of piperidine rings is 1. The largest absolute Gasteiger partial charge is 0.396 e. The minimum absolute atomic E-state index is 0.318. The quantitative estimate of drug-likeness (QED) is 0.775. The fourth-order valence-electron chi connectivity index (χ4n) is 3.03. The van der Waals surface area contributed by atoms with Gasteiger partial charge in [0.25, 0.3) is 0 Å². The zero-order chi connectivity index (χ0) is 14.2. The summed E-state index contributed by atoms with van der Waals surface area (Å²) in [5, 5.41) is 8.87. The number of aliphatic hydroxyl groups excluding tert-OH is 1. The van der Waals surface area contributed by atoms with Crippen molar-refractivity contribution < 1.29 is 5.11 Å². The Kier molecular flexibility index (Phi) is 6.51. The molecule has 1 aliphatic rings. The van der Waals surface area contributed by atoms with E-state index in [4.69, 9.17) is 5.11 Å². The molecule has 0 radical (unpaired) electrons. The molecule has 1 aromatic carbocycles. The lowest BCUT2D eigenvalue weighted by Crippen LogP contribution is -2.46.